The summed E-state index contributed by atoms with van der Waals surface area (Å²) in [5.74, 6) is 0. The first-order valence-electron chi connectivity index (χ1n) is 4.46. The van der Waals surface area contributed by atoms with Gasteiger partial charge in [0.05, 0.1) is 6.10 Å². The van der Waals surface area contributed by atoms with Crippen LogP contribution in [0.3, 0.4) is 0 Å². The van der Waals surface area contributed by atoms with Gasteiger partial charge in [0, 0.05) is 30.1 Å². The molecule has 0 saturated carbocycles. The number of hydrogen-bond donors (Lipinski definition) is 1. The molecule has 1 aromatic heterocycles. The van der Waals surface area contributed by atoms with E-state index in [1.807, 2.05) is 20.8 Å². The van der Waals surface area contributed by atoms with Crippen LogP contribution in [-0.2, 0) is 4.74 Å². The molecule has 0 radical (unpaired) electrons. The van der Waals surface area contributed by atoms with E-state index < -0.39 is 0 Å². The van der Waals surface area contributed by atoms with Crippen molar-refractivity contribution in [3.63, 3.8) is 0 Å². The van der Waals surface area contributed by atoms with E-state index in [4.69, 9.17) is 4.74 Å². The molecule has 0 saturated heterocycles. The Balaban J connectivity index is 2.95. The lowest BCUT2D eigenvalue weighted by Gasteiger charge is -2.10. The van der Waals surface area contributed by atoms with Gasteiger partial charge in [-0.15, -0.1) is 0 Å². The van der Waals surface area contributed by atoms with E-state index in [0.29, 0.717) is 12.2 Å². The van der Waals surface area contributed by atoms with Gasteiger partial charge < -0.3 is 9.72 Å². The zero-order chi connectivity index (χ0) is 9.84. The SMILES string of the molecule is CCOC(C)c1c[nH]c(C)cc1=O. The van der Waals surface area contributed by atoms with E-state index in [1.165, 1.54) is 0 Å². The number of aromatic amines is 1. The average molecular weight is 181 g/mol. The van der Waals surface area contributed by atoms with Crippen molar-refractivity contribution in [1.82, 2.24) is 4.98 Å². The summed E-state index contributed by atoms with van der Waals surface area (Å²) >= 11 is 0. The largest absolute Gasteiger partial charge is 0.374 e. The summed E-state index contributed by atoms with van der Waals surface area (Å²) in [6.07, 6.45) is 1.59. The average Bonchev–Trinajstić information content (AvgIpc) is 2.04. The fourth-order valence-corrected chi connectivity index (χ4v) is 1.24. The fraction of sp³-hybridized carbons (Fsp3) is 0.500. The highest BCUT2D eigenvalue weighted by atomic mass is 16.5. The van der Waals surface area contributed by atoms with Crippen LogP contribution in [-0.4, -0.2) is 11.6 Å². The number of pyridine rings is 1. The Morgan fingerprint density at radius 3 is 2.85 bits per heavy atom. The van der Waals surface area contributed by atoms with Crippen molar-refractivity contribution >= 4 is 0 Å². The van der Waals surface area contributed by atoms with Gasteiger partial charge in [-0.2, -0.15) is 0 Å². The molecule has 1 heterocycles. The van der Waals surface area contributed by atoms with Gasteiger partial charge in [-0.25, -0.2) is 0 Å². The van der Waals surface area contributed by atoms with Gasteiger partial charge in [0.25, 0.3) is 0 Å². The number of hydrogen-bond acceptors (Lipinski definition) is 2. The van der Waals surface area contributed by atoms with Crippen LogP contribution in [0.5, 0.6) is 0 Å². The van der Waals surface area contributed by atoms with Crippen molar-refractivity contribution in [1.29, 1.82) is 0 Å². The lowest BCUT2D eigenvalue weighted by Crippen LogP contribution is -2.14. The first-order valence-corrected chi connectivity index (χ1v) is 4.46. The van der Waals surface area contributed by atoms with Crippen LogP contribution < -0.4 is 5.43 Å². The molecule has 3 nitrogen and oxygen atoms in total. The second-order valence-corrected chi connectivity index (χ2v) is 3.03. The molecule has 0 spiro atoms. The van der Waals surface area contributed by atoms with Gasteiger partial charge >= 0.3 is 0 Å². The van der Waals surface area contributed by atoms with Gasteiger partial charge in [-0.05, 0) is 20.8 Å². The predicted molar refractivity (Wildman–Crippen MR) is 51.8 cm³/mol. The van der Waals surface area contributed by atoms with Crippen molar-refractivity contribution in [2.75, 3.05) is 6.61 Å². The van der Waals surface area contributed by atoms with Crippen LogP contribution in [0.15, 0.2) is 17.1 Å². The van der Waals surface area contributed by atoms with Gasteiger partial charge in [0.2, 0.25) is 0 Å². The number of ether oxygens (including phenoxy) is 1. The minimum absolute atomic E-state index is 0.0391. The van der Waals surface area contributed by atoms with Crippen molar-refractivity contribution in [2.24, 2.45) is 0 Å². The summed E-state index contributed by atoms with van der Waals surface area (Å²) in [6, 6.07) is 1.59. The van der Waals surface area contributed by atoms with E-state index in [2.05, 4.69) is 4.98 Å². The number of aromatic nitrogens is 1. The molecule has 13 heavy (non-hydrogen) atoms. The van der Waals surface area contributed by atoms with Gasteiger partial charge in [-0.3, -0.25) is 4.79 Å². The molecular formula is C10H15NO2. The van der Waals surface area contributed by atoms with Crippen molar-refractivity contribution in [3.8, 4) is 0 Å². The smallest absolute Gasteiger partial charge is 0.187 e. The Labute approximate surface area is 77.8 Å². The van der Waals surface area contributed by atoms with Crippen molar-refractivity contribution in [3.05, 3.63) is 33.7 Å². The van der Waals surface area contributed by atoms with Crippen molar-refractivity contribution < 1.29 is 4.74 Å². The lowest BCUT2D eigenvalue weighted by atomic mass is 10.1. The molecule has 0 aliphatic heterocycles. The lowest BCUT2D eigenvalue weighted by molar-refractivity contribution is 0.0754. The number of H-pyrrole nitrogens is 1. The number of nitrogens with one attached hydrogen (secondary N) is 1. The summed E-state index contributed by atoms with van der Waals surface area (Å²) in [6.45, 7) is 6.27. The normalized spacial score (nSPS) is 12.8. The topological polar surface area (TPSA) is 42.1 Å². The summed E-state index contributed by atoms with van der Waals surface area (Å²) < 4.78 is 5.33. The summed E-state index contributed by atoms with van der Waals surface area (Å²) in [5.41, 5.74) is 1.60. The first kappa shape index (κ1) is 9.99. The van der Waals surface area contributed by atoms with Crippen LogP contribution in [0.25, 0.3) is 0 Å². The fourth-order valence-electron chi connectivity index (χ4n) is 1.24. The van der Waals surface area contributed by atoms with E-state index in [1.54, 1.807) is 12.3 Å². The molecule has 1 unspecified atom stereocenters. The van der Waals surface area contributed by atoms with Crippen LogP contribution in [0.2, 0.25) is 0 Å². The minimum Gasteiger partial charge on any atom is -0.374 e. The molecule has 3 heteroatoms. The molecule has 72 valence electrons. The highest BCUT2D eigenvalue weighted by Gasteiger charge is 2.08. The number of aryl methyl sites for hydroxylation is 1. The monoisotopic (exact) mass is 181 g/mol. The zero-order valence-electron chi connectivity index (χ0n) is 8.26. The Morgan fingerprint density at radius 1 is 1.62 bits per heavy atom. The third kappa shape index (κ3) is 2.42. The Bertz CT molecular complexity index is 330. The number of rotatable bonds is 3. The second-order valence-electron chi connectivity index (χ2n) is 3.03. The van der Waals surface area contributed by atoms with E-state index in [-0.39, 0.29) is 11.5 Å². The standard InChI is InChI=1S/C10H15NO2/c1-4-13-8(3)9-6-11-7(2)5-10(9)12/h5-6,8H,4H2,1-3H3,(H,11,12). The summed E-state index contributed by atoms with van der Waals surface area (Å²) in [5, 5.41) is 0. The van der Waals surface area contributed by atoms with Crippen LogP contribution in [0.4, 0.5) is 0 Å². The molecule has 0 aromatic carbocycles. The van der Waals surface area contributed by atoms with E-state index in [9.17, 15) is 4.79 Å². The van der Waals surface area contributed by atoms with Crippen LogP contribution in [0.1, 0.15) is 31.2 Å². The predicted octanol–water partition coefficient (Wildman–Crippen LogP) is 1.78. The Hall–Kier alpha value is -1.09. The van der Waals surface area contributed by atoms with Crippen LogP contribution >= 0.6 is 0 Å². The molecule has 1 rings (SSSR count). The first-order chi connectivity index (χ1) is 6.15. The molecule has 0 bridgehead atoms. The van der Waals surface area contributed by atoms with E-state index in [0.717, 1.165) is 5.69 Å². The Morgan fingerprint density at radius 2 is 2.31 bits per heavy atom. The third-order valence-electron chi connectivity index (χ3n) is 1.94. The maximum absolute atomic E-state index is 11.5. The highest BCUT2D eigenvalue weighted by Crippen LogP contribution is 2.10. The highest BCUT2D eigenvalue weighted by molar-refractivity contribution is 5.15. The van der Waals surface area contributed by atoms with Crippen molar-refractivity contribution in [2.45, 2.75) is 26.9 Å². The second kappa shape index (κ2) is 4.23. The molecule has 0 aliphatic rings. The summed E-state index contributed by atoms with van der Waals surface area (Å²) in [4.78, 5) is 14.5. The van der Waals surface area contributed by atoms with Gasteiger partial charge in [0.15, 0.2) is 5.43 Å². The molecule has 1 aromatic rings. The maximum Gasteiger partial charge on any atom is 0.187 e. The molecular weight excluding hydrogens is 166 g/mol. The third-order valence-corrected chi connectivity index (χ3v) is 1.94. The van der Waals surface area contributed by atoms with Crippen LogP contribution in [0, 0.1) is 6.92 Å². The molecule has 0 fully saturated rings. The Kier molecular flexibility index (Phi) is 3.25. The molecule has 1 atom stereocenters. The van der Waals surface area contributed by atoms with Gasteiger partial charge in [0.1, 0.15) is 0 Å². The zero-order valence-corrected chi connectivity index (χ0v) is 8.26. The quantitative estimate of drug-likeness (QED) is 0.772. The van der Waals surface area contributed by atoms with E-state index >= 15 is 0 Å². The van der Waals surface area contributed by atoms with Gasteiger partial charge in [-0.1, -0.05) is 0 Å². The molecule has 0 amide bonds. The molecule has 1 N–H and O–H groups in total. The summed E-state index contributed by atoms with van der Waals surface area (Å²) in [7, 11) is 0. The molecule has 0 aliphatic carbocycles. The maximum atomic E-state index is 11.5. The minimum atomic E-state index is -0.130.